The quantitative estimate of drug-likeness (QED) is 0.735. The molecule has 1 aromatic heterocycles. The van der Waals surface area contributed by atoms with E-state index < -0.39 is 29.7 Å². The van der Waals surface area contributed by atoms with Gasteiger partial charge in [0.2, 0.25) is 0 Å². The molecular weight excluding hydrogens is 420 g/mol. The van der Waals surface area contributed by atoms with Gasteiger partial charge >= 0.3 is 18.4 Å². The molecule has 0 bridgehead atoms. The molecule has 0 atom stereocenters. The van der Waals surface area contributed by atoms with Gasteiger partial charge < -0.3 is 15.0 Å². The minimum Gasteiger partial charge on any atom is -0.409 e. The SMILES string of the molecule is O=C(Nc1ccc2c(c1)C(F)(F)OC(F)(F)O2)N1CCCN(Cc2ccncc2)CC1. The van der Waals surface area contributed by atoms with Gasteiger partial charge in [-0.15, -0.1) is 8.78 Å². The Morgan fingerprint density at radius 1 is 1.06 bits per heavy atom. The zero-order chi connectivity index (χ0) is 22.1. The van der Waals surface area contributed by atoms with Crippen LogP contribution in [0.4, 0.5) is 28.0 Å². The molecule has 2 aliphatic heterocycles. The van der Waals surface area contributed by atoms with E-state index in [4.69, 9.17) is 0 Å². The second-order valence-corrected chi connectivity index (χ2v) is 7.30. The summed E-state index contributed by atoms with van der Waals surface area (Å²) < 4.78 is 61.7. The zero-order valence-electron chi connectivity index (χ0n) is 16.4. The molecule has 0 saturated carbocycles. The van der Waals surface area contributed by atoms with Crippen molar-refractivity contribution in [3.05, 3.63) is 53.9 Å². The van der Waals surface area contributed by atoms with Crippen LogP contribution in [0.25, 0.3) is 0 Å². The topological polar surface area (TPSA) is 66.9 Å². The predicted molar refractivity (Wildman–Crippen MR) is 102 cm³/mol. The minimum absolute atomic E-state index is 0.0266. The van der Waals surface area contributed by atoms with Gasteiger partial charge in [0.1, 0.15) is 5.75 Å². The summed E-state index contributed by atoms with van der Waals surface area (Å²) in [5.74, 6) is -0.708. The minimum atomic E-state index is -4.44. The molecular formula is C20H20F4N4O3. The van der Waals surface area contributed by atoms with E-state index in [0.717, 1.165) is 37.2 Å². The maximum absolute atomic E-state index is 13.9. The number of fused-ring (bicyclic) bond motifs is 1. The van der Waals surface area contributed by atoms with E-state index in [1.165, 1.54) is 6.07 Å². The third-order valence-electron chi connectivity index (χ3n) is 5.05. The summed E-state index contributed by atoms with van der Waals surface area (Å²) in [6.45, 7) is 3.14. The molecule has 1 aromatic carbocycles. The number of hydrogen-bond donors (Lipinski definition) is 1. The van der Waals surface area contributed by atoms with Crippen LogP contribution in [0, 0.1) is 0 Å². The van der Waals surface area contributed by atoms with Crippen LogP contribution in [-0.4, -0.2) is 53.3 Å². The van der Waals surface area contributed by atoms with Gasteiger partial charge in [-0.3, -0.25) is 9.88 Å². The number of benzene rings is 1. The van der Waals surface area contributed by atoms with Gasteiger partial charge in [0.05, 0.1) is 5.56 Å². The van der Waals surface area contributed by atoms with Crippen molar-refractivity contribution in [2.45, 2.75) is 25.4 Å². The molecule has 166 valence electrons. The Morgan fingerprint density at radius 3 is 2.61 bits per heavy atom. The van der Waals surface area contributed by atoms with E-state index in [1.54, 1.807) is 17.3 Å². The van der Waals surface area contributed by atoms with Crippen molar-refractivity contribution >= 4 is 11.7 Å². The molecule has 0 aliphatic carbocycles. The van der Waals surface area contributed by atoms with E-state index in [9.17, 15) is 22.4 Å². The van der Waals surface area contributed by atoms with E-state index in [0.29, 0.717) is 19.6 Å². The Hall–Kier alpha value is -2.92. The van der Waals surface area contributed by atoms with Crippen LogP contribution in [0.3, 0.4) is 0 Å². The Kier molecular flexibility index (Phi) is 5.71. The van der Waals surface area contributed by atoms with E-state index in [2.05, 4.69) is 24.7 Å². The molecule has 0 unspecified atom stereocenters. The number of urea groups is 1. The Bertz CT molecular complexity index is 945. The molecule has 0 spiro atoms. The number of aromatic nitrogens is 1. The van der Waals surface area contributed by atoms with Crippen molar-refractivity contribution in [2.24, 2.45) is 0 Å². The number of halogens is 4. The standard InChI is InChI=1S/C20H20F4N4O3/c21-19(22)16-12-15(2-3-17(16)30-20(23,24)31-19)26-18(29)28-9-1-8-27(10-11-28)13-14-4-6-25-7-5-14/h2-7,12H,1,8-11,13H2,(H,26,29). The lowest BCUT2D eigenvalue weighted by atomic mass is 10.1. The highest BCUT2D eigenvalue weighted by atomic mass is 19.3. The maximum Gasteiger partial charge on any atom is 0.540 e. The number of rotatable bonds is 3. The molecule has 2 amide bonds. The van der Waals surface area contributed by atoms with E-state index in [1.807, 2.05) is 12.1 Å². The van der Waals surface area contributed by atoms with E-state index >= 15 is 0 Å². The molecule has 2 aliphatic rings. The van der Waals surface area contributed by atoms with Crippen LogP contribution in [0.2, 0.25) is 0 Å². The van der Waals surface area contributed by atoms with Crippen molar-refractivity contribution in [1.29, 1.82) is 0 Å². The Balaban J connectivity index is 1.39. The predicted octanol–water partition coefficient (Wildman–Crippen LogP) is 3.83. The van der Waals surface area contributed by atoms with Gasteiger partial charge in [0, 0.05) is 50.8 Å². The third-order valence-corrected chi connectivity index (χ3v) is 5.05. The number of anilines is 1. The fourth-order valence-electron chi connectivity index (χ4n) is 3.56. The number of amides is 2. The summed E-state index contributed by atoms with van der Waals surface area (Å²) in [6.07, 6.45) is -4.49. The summed E-state index contributed by atoms with van der Waals surface area (Å²) in [7, 11) is 0. The molecule has 7 nitrogen and oxygen atoms in total. The Labute approximate surface area is 175 Å². The van der Waals surface area contributed by atoms with Crippen LogP contribution in [0.1, 0.15) is 17.5 Å². The van der Waals surface area contributed by atoms with Crippen LogP contribution in [0.15, 0.2) is 42.7 Å². The van der Waals surface area contributed by atoms with Crippen molar-refractivity contribution in [2.75, 3.05) is 31.5 Å². The average molecular weight is 440 g/mol. The van der Waals surface area contributed by atoms with Crippen molar-refractivity contribution in [3.63, 3.8) is 0 Å². The highest BCUT2D eigenvalue weighted by Crippen LogP contribution is 2.46. The van der Waals surface area contributed by atoms with Gasteiger partial charge in [-0.2, -0.15) is 8.78 Å². The van der Waals surface area contributed by atoms with Crippen LogP contribution in [0.5, 0.6) is 5.75 Å². The number of alkyl halides is 4. The van der Waals surface area contributed by atoms with Gasteiger partial charge in [0.25, 0.3) is 0 Å². The summed E-state index contributed by atoms with van der Waals surface area (Å²) in [4.78, 5) is 20.4. The molecule has 11 heteroatoms. The molecule has 1 saturated heterocycles. The molecule has 2 aromatic rings. The third kappa shape index (κ3) is 5.05. The highest BCUT2D eigenvalue weighted by Gasteiger charge is 2.54. The number of carbonyl (C=O) groups excluding carboxylic acids is 1. The first-order chi connectivity index (χ1) is 14.7. The summed E-state index contributed by atoms with van der Waals surface area (Å²) in [5, 5.41) is 2.54. The maximum atomic E-state index is 13.9. The van der Waals surface area contributed by atoms with Crippen LogP contribution >= 0.6 is 0 Å². The molecule has 4 rings (SSSR count). The number of hydrogen-bond acceptors (Lipinski definition) is 5. The lowest BCUT2D eigenvalue weighted by molar-refractivity contribution is -0.461. The molecule has 0 radical (unpaired) electrons. The summed E-state index contributed by atoms with van der Waals surface area (Å²) in [5.41, 5.74) is 0.271. The van der Waals surface area contributed by atoms with Crippen molar-refractivity contribution in [3.8, 4) is 5.75 Å². The first-order valence-electron chi connectivity index (χ1n) is 9.68. The summed E-state index contributed by atoms with van der Waals surface area (Å²) in [6, 6.07) is 6.46. The number of pyridine rings is 1. The van der Waals surface area contributed by atoms with Gasteiger partial charge in [-0.05, 0) is 42.3 Å². The van der Waals surface area contributed by atoms with Gasteiger partial charge in [-0.25, -0.2) is 9.53 Å². The second kappa shape index (κ2) is 8.31. The molecule has 31 heavy (non-hydrogen) atoms. The monoisotopic (exact) mass is 440 g/mol. The van der Waals surface area contributed by atoms with Crippen LogP contribution in [-0.2, 0) is 17.4 Å². The zero-order valence-corrected chi connectivity index (χ0v) is 16.4. The number of nitrogens with zero attached hydrogens (tertiary/aromatic N) is 3. The Morgan fingerprint density at radius 2 is 1.84 bits per heavy atom. The first-order valence-corrected chi connectivity index (χ1v) is 9.68. The molecule has 1 N–H and O–H groups in total. The average Bonchev–Trinajstić information content (AvgIpc) is 2.94. The van der Waals surface area contributed by atoms with Crippen LogP contribution < -0.4 is 10.1 Å². The smallest absolute Gasteiger partial charge is 0.409 e. The molecule has 1 fully saturated rings. The number of ether oxygens (including phenoxy) is 2. The number of nitrogens with one attached hydrogen (secondary N) is 1. The lowest BCUT2D eigenvalue weighted by Gasteiger charge is -2.30. The largest absolute Gasteiger partial charge is 0.540 e. The lowest BCUT2D eigenvalue weighted by Crippen LogP contribution is -2.41. The molecule has 3 heterocycles. The first kappa shape index (κ1) is 21.3. The summed E-state index contributed by atoms with van der Waals surface area (Å²) >= 11 is 0. The van der Waals surface area contributed by atoms with Crippen molar-refractivity contribution in [1.82, 2.24) is 14.8 Å². The van der Waals surface area contributed by atoms with E-state index in [-0.39, 0.29) is 5.69 Å². The normalized spacial score (nSPS) is 20.3. The fraction of sp³-hybridized carbons (Fsp3) is 0.400. The fourth-order valence-corrected chi connectivity index (χ4v) is 3.56. The van der Waals surface area contributed by atoms with Gasteiger partial charge in [-0.1, -0.05) is 0 Å². The van der Waals surface area contributed by atoms with Gasteiger partial charge in [0.15, 0.2) is 0 Å². The van der Waals surface area contributed by atoms with Crippen molar-refractivity contribution < 1.29 is 31.8 Å². The number of carbonyl (C=O) groups is 1. The highest BCUT2D eigenvalue weighted by molar-refractivity contribution is 5.89. The second-order valence-electron chi connectivity index (χ2n) is 7.30.